The Labute approximate surface area is 193 Å². The largest absolute Gasteiger partial charge is 0.497 e. The molecule has 0 heterocycles. The maximum absolute atomic E-state index is 13.3. The van der Waals surface area contributed by atoms with Crippen LogP contribution >= 0.6 is 23.2 Å². The van der Waals surface area contributed by atoms with Gasteiger partial charge in [-0.3, -0.25) is 9.59 Å². The van der Waals surface area contributed by atoms with E-state index < -0.39 is 6.04 Å². The summed E-state index contributed by atoms with van der Waals surface area (Å²) in [4.78, 5) is 27.8. The predicted octanol–water partition coefficient (Wildman–Crippen LogP) is 5.02. The summed E-state index contributed by atoms with van der Waals surface area (Å²) >= 11 is 12.4. The first kappa shape index (κ1) is 23.4. The van der Waals surface area contributed by atoms with Crippen LogP contribution in [-0.4, -0.2) is 35.9 Å². The van der Waals surface area contributed by atoms with Crippen LogP contribution in [0.15, 0.2) is 42.5 Å². The second-order valence-electron chi connectivity index (χ2n) is 7.95. The molecule has 0 spiro atoms. The summed E-state index contributed by atoms with van der Waals surface area (Å²) < 4.78 is 5.18. The van der Waals surface area contributed by atoms with E-state index in [4.69, 9.17) is 27.9 Å². The number of hydrogen-bond donors (Lipinski definition) is 1. The minimum atomic E-state index is -0.627. The average Bonchev–Trinajstić information content (AvgIpc) is 3.26. The van der Waals surface area contributed by atoms with Crippen LogP contribution < -0.4 is 10.1 Å². The highest BCUT2D eigenvalue weighted by Crippen LogP contribution is 2.24. The number of nitrogens with one attached hydrogen (secondary N) is 1. The number of nitrogens with zero attached hydrogens (tertiary/aromatic N) is 1. The second-order valence-corrected chi connectivity index (χ2v) is 8.79. The molecule has 0 saturated heterocycles. The minimum absolute atomic E-state index is 0.139. The van der Waals surface area contributed by atoms with Crippen LogP contribution in [0.2, 0.25) is 10.0 Å². The monoisotopic (exact) mass is 462 g/mol. The topological polar surface area (TPSA) is 58.6 Å². The van der Waals surface area contributed by atoms with E-state index in [1.165, 1.54) is 0 Å². The summed E-state index contributed by atoms with van der Waals surface area (Å²) in [7, 11) is 1.60. The van der Waals surface area contributed by atoms with Gasteiger partial charge < -0.3 is 15.0 Å². The van der Waals surface area contributed by atoms with Gasteiger partial charge in [0.2, 0.25) is 11.8 Å². The van der Waals surface area contributed by atoms with Crippen molar-refractivity contribution in [1.82, 2.24) is 10.2 Å². The molecule has 1 fully saturated rings. The van der Waals surface area contributed by atoms with Crippen molar-refractivity contribution >= 4 is 35.0 Å². The molecule has 166 valence electrons. The molecular weight excluding hydrogens is 435 g/mol. The molecule has 2 amide bonds. The number of amides is 2. The third kappa shape index (κ3) is 6.37. The van der Waals surface area contributed by atoms with Crippen LogP contribution in [0.1, 0.15) is 43.7 Å². The smallest absolute Gasteiger partial charge is 0.242 e. The molecule has 0 aromatic heterocycles. The Morgan fingerprint density at radius 3 is 2.42 bits per heavy atom. The van der Waals surface area contributed by atoms with E-state index in [1.54, 1.807) is 37.1 Å². The van der Waals surface area contributed by atoms with Gasteiger partial charge in [-0.1, -0.05) is 54.2 Å². The molecule has 1 saturated carbocycles. The zero-order chi connectivity index (χ0) is 22.4. The van der Waals surface area contributed by atoms with Crippen molar-refractivity contribution in [3.63, 3.8) is 0 Å². The summed E-state index contributed by atoms with van der Waals surface area (Å²) in [5, 5.41) is 4.09. The molecule has 0 aliphatic heterocycles. The van der Waals surface area contributed by atoms with Gasteiger partial charge in [0.05, 0.1) is 13.5 Å². The molecule has 3 rings (SSSR count). The molecule has 7 heteroatoms. The molecule has 0 bridgehead atoms. The average molecular weight is 463 g/mol. The van der Waals surface area contributed by atoms with Crippen molar-refractivity contribution in [2.45, 2.75) is 57.7 Å². The molecule has 2 aromatic carbocycles. The van der Waals surface area contributed by atoms with Gasteiger partial charge in [0, 0.05) is 22.6 Å². The molecule has 2 aromatic rings. The number of halogens is 2. The fourth-order valence-electron chi connectivity index (χ4n) is 3.83. The molecule has 1 aliphatic rings. The van der Waals surface area contributed by atoms with Gasteiger partial charge in [0.25, 0.3) is 0 Å². The lowest BCUT2D eigenvalue weighted by atomic mass is 10.1. The Morgan fingerprint density at radius 2 is 1.81 bits per heavy atom. The lowest BCUT2D eigenvalue weighted by Crippen LogP contribution is -2.50. The fourth-order valence-corrected chi connectivity index (χ4v) is 4.30. The van der Waals surface area contributed by atoms with E-state index in [0.29, 0.717) is 10.0 Å². The number of carbonyl (C=O) groups excluding carboxylic acids is 2. The fraction of sp³-hybridized carbons (Fsp3) is 0.417. The van der Waals surface area contributed by atoms with Crippen LogP contribution in [0.25, 0.3) is 0 Å². The minimum Gasteiger partial charge on any atom is -0.497 e. The van der Waals surface area contributed by atoms with Gasteiger partial charge >= 0.3 is 0 Å². The number of hydrogen-bond acceptors (Lipinski definition) is 3. The predicted molar refractivity (Wildman–Crippen MR) is 124 cm³/mol. The standard InChI is InChI=1S/C24H28Cl2N2O3/c1-16(24(30)27-20-5-3-4-6-20)28(15-18-9-10-19(25)14-22(18)26)23(29)13-17-7-11-21(31-2)12-8-17/h7-12,14,16,20H,3-6,13,15H2,1-2H3,(H,27,30)/t16-/m0/s1. The normalized spacial score (nSPS) is 14.8. The summed E-state index contributed by atoms with van der Waals surface area (Å²) in [6, 6.07) is 12.1. The molecule has 0 unspecified atom stereocenters. The lowest BCUT2D eigenvalue weighted by molar-refractivity contribution is -0.140. The molecule has 31 heavy (non-hydrogen) atoms. The van der Waals surface area contributed by atoms with E-state index in [9.17, 15) is 9.59 Å². The van der Waals surface area contributed by atoms with E-state index >= 15 is 0 Å². The van der Waals surface area contributed by atoms with Crippen LogP contribution in [-0.2, 0) is 22.6 Å². The Kier molecular flexibility index (Phi) is 8.22. The van der Waals surface area contributed by atoms with Crippen molar-refractivity contribution in [1.29, 1.82) is 0 Å². The first-order valence-corrected chi connectivity index (χ1v) is 11.3. The highest BCUT2D eigenvalue weighted by atomic mass is 35.5. The second kappa shape index (κ2) is 10.9. The van der Waals surface area contributed by atoms with Gasteiger partial charge in [-0.2, -0.15) is 0 Å². The quantitative estimate of drug-likeness (QED) is 0.598. The third-order valence-electron chi connectivity index (χ3n) is 5.74. The molecule has 0 radical (unpaired) electrons. The van der Waals surface area contributed by atoms with E-state index in [-0.39, 0.29) is 30.8 Å². The maximum Gasteiger partial charge on any atom is 0.242 e. The summed E-state index contributed by atoms with van der Waals surface area (Å²) in [6.07, 6.45) is 4.40. The SMILES string of the molecule is COc1ccc(CC(=O)N(Cc2ccc(Cl)cc2Cl)[C@@H](C)C(=O)NC2CCCC2)cc1. The zero-order valence-corrected chi connectivity index (χ0v) is 19.4. The van der Waals surface area contributed by atoms with Crippen LogP contribution in [0, 0.1) is 0 Å². The number of methoxy groups -OCH3 is 1. The highest BCUT2D eigenvalue weighted by molar-refractivity contribution is 6.35. The van der Waals surface area contributed by atoms with Crippen molar-refractivity contribution < 1.29 is 14.3 Å². The molecule has 1 aliphatic carbocycles. The van der Waals surface area contributed by atoms with Crippen LogP contribution in [0.5, 0.6) is 5.75 Å². The summed E-state index contributed by atoms with van der Waals surface area (Å²) in [5.41, 5.74) is 1.59. The molecule has 5 nitrogen and oxygen atoms in total. The number of carbonyl (C=O) groups is 2. The van der Waals surface area contributed by atoms with Gasteiger partial charge in [-0.05, 0) is 55.2 Å². The van der Waals surface area contributed by atoms with Crippen molar-refractivity contribution in [3.8, 4) is 5.75 Å². The highest BCUT2D eigenvalue weighted by Gasteiger charge is 2.29. The van der Waals surface area contributed by atoms with E-state index in [2.05, 4.69) is 5.32 Å². The maximum atomic E-state index is 13.3. The summed E-state index contributed by atoms with van der Waals surface area (Å²) in [6.45, 7) is 1.99. The van der Waals surface area contributed by atoms with E-state index in [0.717, 1.165) is 42.6 Å². The van der Waals surface area contributed by atoms with Crippen LogP contribution in [0.3, 0.4) is 0 Å². The van der Waals surface area contributed by atoms with Gasteiger partial charge in [-0.25, -0.2) is 0 Å². The van der Waals surface area contributed by atoms with Gasteiger partial charge in [-0.15, -0.1) is 0 Å². The first-order valence-electron chi connectivity index (χ1n) is 10.5. The Bertz CT molecular complexity index is 912. The van der Waals surface area contributed by atoms with Crippen molar-refractivity contribution in [2.24, 2.45) is 0 Å². The lowest BCUT2D eigenvalue weighted by Gasteiger charge is -2.30. The molecular formula is C24H28Cl2N2O3. The van der Waals surface area contributed by atoms with E-state index in [1.807, 2.05) is 24.3 Å². The zero-order valence-electron chi connectivity index (χ0n) is 17.9. The van der Waals surface area contributed by atoms with Gasteiger partial charge in [0.1, 0.15) is 11.8 Å². The Balaban J connectivity index is 1.79. The third-order valence-corrected chi connectivity index (χ3v) is 6.33. The first-order chi connectivity index (χ1) is 14.9. The number of benzene rings is 2. The molecule has 1 atom stereocenters. The van der Waals surface area contributed by atoms with Crippen molar-refractivity contribution in [3.05, 3.63) is 63.6 Å². The summed E-state index contributed by atoms with van der Waals surface area (Å²) in [5.74, 6) is 0.440. The van der Waals surface area contributed by atoms with Gasteiger partial charge in [0.15, 0.2) is 0 Å². The Morgan fingerprint density at radius 1 is 1.13 bits per heavy atom. The Hall–Kier alpha value is -2.24. The molecule has 1 N–H and O–H groups in total. The number of rotatable bonds is 8. The number of ether oxygens (including phenoxy) is 1. The van der Waals surface area contributed by atoms with Crippen LogP contribution in [0.4, 0.5) is 0 Å². The van der Waals surface area contributed by atoms with Crippen molar-refractivity contribution in [2.75, 3.05) is 7.11 Å².